The molecule has 0 heterocycles. The lowest BCUT2D eigenvalue weighted by Gasteiger charge is -2.21. The second-order valence-electron chi connectivity index (χ2n) is 3.97. The van der Waals surface area contributed by atoms with E-state index in [1.165, 1.54) is 25.1 Å². The Balaban J connectivity index is 2.97. The van der Waals surface area contributed by atoms with Gasteiger partial charge in [0.1, 0.15) is 11.9 Å². The number of hydrogen-bond acceptors (Lipinski definition) is 4. The van der Waals surface area contributed by atoms with Crippen LogP contribution in [0.4, 0.5) is 4.39 Å². The Morgan fingerprint density at radius 2 is 2.26 bits per heavy atom. The van der Waals surface area contributed by atoms with Gasteiger partial charge >= 0.3 is 5.97 Å². The molecule has 2 N–H and O–H groups in total. The molecule has 0 saturated carbocycles. The molecule has 5 nitrogen and oxygen atoms in total. The normalized spacial score (nSPS) is 13.5. The average molecular weight is 269 g/mol. The summed E-state index contributed by atoms with van der Waals surface area (Å²) in [6.45, 7) is 3.29. The monoisotopic (exact) mass is 269 g/mol. The Morgan fingerprint density at radius 3 is 2.79 bits per heavy atom. The molecular formula is C13H16FNO4. The summed E-state index contributed by atoms with van der Waals surface area (Å²) >= 11 is 0. The molecule has 0 radical (unpaired) electrons. The summed E-state index contributed by atoms with van der Waals surface area (Å²) in [4.78, 5) is 22.1. The minimum atomic E-state index is -1.30. The predicted octanol–water partition coefficient (Wildman–Crippen LogP) is 0.845. The van der Waals surface area contributed by atoms with Crippen molar-refractivity contribution < 1.29 is 23.8 Å². The van der Waals surface area contributed by atoms with Crippen LogP contribution in [0.15, 0.2) is 18.2 Å². The number of carbonyl (C=O) groups is 2. The SMILES string of the molecule is CCOC(=O)C(NC=O)C(O)c1ccc(F)c(C)c1. The smallest absolute Gasteiger partial charge is 0.331 e. The molecular weight excluding hydrogens is 253 g/mol. The number of carbonyl (C=O) groups excluding carboxylic acids is 2. The molecule has 0 spiro atoms. The first-order valence-corrected chi connectivity index (χ1v) is 5.81. The van der Waals surface area contributed by atoms with Crippen molar-refractivity contribution in [3.05, 3.63) is 35.1 Å². The van der Waals surface area contributed by atoms with Crippen molar-refractivity contribution in [1.29, 1.82) is 0 Å². The van der Waals surface area contributed by atoms with Crippen molar-refractivity contribution in [2.45, 2.75) is 26.0 Å². The molecule has 104 valence electrons. The number of hydrogen-bond donors (Lipinski definition) is 2. The zero-order valence-corrected chi connectivity index (χ0v) is 10.7. The first kappa shape index (κ1) is 15.1. The molecule has 1 rings (SSSR count). The van der Waals surface area contributed by atoms with E-state index >= 15 is 0 Å². The van der Waals surface area contributed by atoms with E-state index in [4.69, 9.17) is 4.74 Å². The van der Waals surface area contributed by atoms with Gasteiger partial charge in [-0.1, -0.05) is 12.1 Å². The highest BCUT2D eigenvalue weighted by Gasteiger charge is 2.29. The quantitative estimate of drug-likeness (QED) is 0.593. The summed E-state index contributed by atoms with van der Waals surface area (Å²) in [5.74, 6) is -1.16. The molecule has 19 heavy (non-hydrogen) atoms. The Hall–Kier alpha value is -1.95. The lowest BCUT2D eigenvalue weighted by molar-refractivity contribution is -0.149. The standard InChI is InChI=1S/C13H16FNO4/c1-3-19-13(18)11(15-7-16)12(17)9-4-5-10(14)8(2)6-9/h4-7,11-12,17H,3H2,1-2H3,(H,15,16). The lowest BCUT2D eigenvalue weighted by atomic mass is 10.0. The van der Waals surface area contributed by atoms with E-state index < -0.39 is 23.9 Å². The number of rotatable bonds is 6. The molecule has 2 unspecified atom stereocenters. The number of benzene rings is 1. The summed E-state index contributed by atoms with van der Waals surface area (Å²) in [5.41, 5.74) is 0.663. The highest BCUT2D eigenvalue weighted by atomic mass is 19.1. The zero-order chi connectivity index (χ0) is 14.4. The van der Waals surface area contributed by atoms with Crippen LogP contribution in [0.3, 0.4) is 0 Å². The first-order valence-electron chi connectivity index (χ1n) is 5.81. The summed E-state index contributed by atoms with van der Waals surface area (Å²) in [7, 11) is 0. The highest BCUT2D eigenvalue weighted by molar-refractivity contribution is 5.79. The van der Waals surface area contributed by atoms with Crippen molar-refractivity contribution in [1.82, 2.24) is 5.32 Å². The van der Waals surface area contributed by atoms with E-state index in [1.54, 1.807) is 6.92 Å². The van der Waals surface area contributed by atoms with Crippen LogP contribution >= 0.6 is 0 Å². The predicted molar refractivity (Wildman–Crippen MR) is 65.7 cm³/mol. The van der Waals surface area contributed by atoms with Crippen LogP contribution in [0.2, 0.25) is 0 Å². The Morgan fingerprint density at radius 1 is 1.58 bits per heavy atom. The number of aliphatic hydroxyl groups excluding tert-OH is 1. The summed E-state index contributed by atoms with van der Waals surface area (Å²) < 4.78 is 17.9. The fourth-order valence-corrected chi connectivity index (χ4v) is 1.64. The summed E-state index contributed by atoms with van der Waals surface area (Å²) in [6.07, 6.45) is -0.996. The molecule has 0 fully saturated rings. The van der Waals surface area contributed by atoms with Crippen LogP contribution in [0, 0.1) is 12.7 Å². The second-order valence-corrected chi connectivity index (χ2v) is 3.97. The van der Waals surface area contributed by atoms with E-state index in [-0.39, 0.29) is 6.61 Å². The van der Waals surface area contributed by atoms with E-state index in [0.717, 1.165) is 0 Å². The molecule has 1 aromatic rings. The topological polar surface area (TPSA) is 75.6 Å². The van der Waals surface area contributed by atoms with Gasteiger partial charge in [0.15, 0.2) is 6.04 Å². The molecule has 0 aliphatic heterocycles. The van der Waals surface area contributed by atoms with E-state index in [1.807, 2.05) is 0 Å². The van der Waals surface area contributed by atoms with Crippen LogP contribution in [-0.2, 0) is 14.3 Å². The number of amides is 1. The van der Waals surface area contributed by atoms with Crippen LogP contribution in [0.1, 0.15) is 24.2 Å². The second kappa shape index (κ2) is 6.84. The van der Waals surface area contributed by atoms with Gasteiger partial charge in [0.2, 0.25) is 6.41 Å². The molecule has 2 atom stereocenters. The van der Waals surface area contributed by atoms with Gasteiger partial charge in [0.25, 0.3) is 0 Å². The molecule has 0 aliphatic carbocycles. The fraction of sp³-hybridized carbons (Fsp3) is 0.385. The van der Waals surface area contributed by atoms with Gasteiger partial charge in [0, 0.05) is 0 Å². The maximum atomic E-state index is 13.1. The van der Waals surface area contributed by atoms with Gasteiger partial charge in [-0.05, 0) is 31.0 Å². The molecule has 1 amide bonds. The van der Waals surface area contributed by atoms with Crippen LogP contribution in [0.25, 0.3) is 0 Å². The highest BCUT2D eigenvalue weighted by Crippen LogP contribution is 2.20. The largest absolute Gasteiger partial charge is 0.464 e. The molecule has 0 saturated heterocycles. The first-order chi connectivity index (χ1) is 9.01. The molecule has 0 aliphatic rings. The molecule has 0 aromatic heterocycles. The van der Waals surface area contributed by atoms with E-state index in [0.29, 0.717) is 17.5 Å². The molecule has 0 bridgehead atoms. The van der Waals surface area contributed by atoms with Gasteiger partial charge in [-0.3, -0.25) is 4.79 Å². The third kappa shape index (κ3) is 3.75. The van der Waals surface area contributed by atoms with Crippen LogP contribution < -0.4 is 5.32 Å². The third-order valence-electron chi connectivity index (χ3n) is 2.63. The number of aryl methyl sites for hydroxylation is 1. The number of nitrogens with one attached hydrogen (secondary N) is 1. The zero-order valence-electron chi connectivity index (χ0n) is 10.7. The van der Waals surface area contributed by atoms with Crippen molar-refractivity contribution >= 4 is 12.4 Å². The fourth-order valence-electron chi connectivity index (χ4n) is 1.64. The Labute approximate surface area is 110 Å². The van der Waals surface area contributed by atoms with Gasteiger partial charge in [0.05, 0.1) is 6.61 Å². The third-order valence-corrected chi connectivity index (χ3v) is 2.63. The van der Waals surface area contributed by atoms with Crippen molar-refractivity contribution in [3.8, 4) is 0 Å². The summed E-state index contributed by atoms with van der Waals surface area (Å²) in [6, 6.07) is 2.74. The van der Waals surface area contributed by atoms with Gasteiger partial charge < -0.3 is 15.2 Å². The lowest BCUT2D eigenvalue weighted by Crippen LogP contribution is -2.42. The van der Waals surface area contributed by atoms with E-state index in [2.05, 4.69) is 5.32 Å². The number of halogens is 1. The molecule has 6 heteroatoms. The van der Waals surface area contributed by atoms with Crippen LogP contribution in [0.5, 0.6) is 0 Å². The van der Waals surface area contributed by atoms with Crippen molar-refractivity contribution in [3.63, 3.8) is 0 Å². The molecule has 1 aromatic carbocycles. The summed E-state index contributed by atoms with van der Waals surface area (Å²) in [5, 5.41) is 12.3. The van der Waals surface area contributed by atoms with Crippen molar-refractivity contribution in [2.75, 3.05) is 6.61 Å². The maximum absolute atomic E-state index is 13.1. The van der Waals surface area contributed by atoms with E-state index in [9.17, 15) is 19.1 Å². The Bertz CT molecular complexity index is 464. The number of aliphatic hydroxyl groups is 1. The maximum Gasteiger partial charge on any atom is 0.331 e. The minimum absolute atomic E-state index is 0.130. The van der Waals surface area contributed by atoms with Gasteiger partial charge in [-0.25, -0.2) is 9.18 Å². The van der Waals surface area contributed by atoms with Crippen LogP contribution in [-0.4, -0.2) is 30.1 Å². The number of ether oxygens (including phenoxy) is 1. The van der Waals surface area contributed by atoms with Gasteiger partial charge in [-0.15, -0.1) is 0 Å². The van der Waals surface area contributed by atoms with Gasteiger partial charge in [-0.2, -0.15) is 0 Å². The average Bonchev–Trinajstić information content (AvgIpc) is 2.38. The minimum Gasteiger partial charge on any atom is -0.464 e. The van der Waals surface area contributed by atoms with Crippen molar-refractivity contribution in [2.24, 2.45) is 0 Å². The Kier molecular flexibility index (Phi) is 5.44. The number of esters is 1.